The molecule has 0 bridgehead atoms. The number of carbonyl (C=O) groups excluding carboxylic acids is 1. The number of rotatable bonds is 1. The zero-order chi connectivity index (χ0) is 13.7. The minimum Gasteiger partial charge on any atom is -0.508 e. The van der Waals surface area contributed by atoms with Gasteiger partial charge in [0.1, 0.15) is 11.4 Å². The number of nitrogens with zero attached hydrogens (tertiary/aromatic N) is 1. The summed E-state index contributed by atoms with van der Waals surface area (Å²) >= 11 is 0. The van der Waals surface area contributed by atoms with E-state index in [1.807, 2.05) is 41.3 Å². The number of hydrogen-bond donors (Lipinski definition) is 2. The molecule has 1 unspecified atom stereocenters. The van der Waals surface area contributed by atoms with Gasteiger partial charge in [0.25, 0.3) is 5.91 Å². The molecule has 2 heterocycles. The number of phenols is 1. The standard InChI is InChI=1S/C16H14N2O2/c19-12-5-3-4-11(10-12)16-14-7-2-1-6-13(14)15(20)18(16)9-8-17-16/h1-7,10,17,19H,8-9H2. The summed E-state index contributed by atoms with van der Waals surface area (Å²) in [5, 5.41) is 13.2. The number of hydrogen-bond acceptors (Lipinski definition) is 3. The quantitative estimate of drug-likeness (QED) is 0.825. The van der Waals surface area contributed by atoms with E-state index in [9.17, 15) is 9.90 Å². The van der Waals surface area contributed by atoms with Crippen molar-refractivity contribution < 1.29 is 9.90 Å². The Labute approximate surface area is 116 Å². The predicted octanol–water partition coefficient (Wildman–Crippen LogP) is 1.65. The van der Waals surface area contributed by atoms with Gasteiger partial charge in [0.2, 0.25) is 0 Å². The third-order valence-electron chi connectivity index (χ3n) is 4.18. The molecule has 1 fully saturated rings. The molecule has 20 heavy (non-hydrogen) atoms. The van der Waals surface area contributed by atoms with Crippen molar-refractivity contribution in [3.63, 3.8) is 0 Å². The van der Waals surface area contributed by atoms with Crippen molar-refractivity contribution in [3.05, 3.63) is 65.2 Å². The summed E-state index contributed by atoms with van der Waals surface area (Å²) < 4.78 is 0. The van der Waals surface area contributed by atoms with Gasteiger partial charge in [0.05, 0.1) is 0 Å². The lowest BCUT2D eigenvalue weighted by Crippen LogP contribution is -2.46. The summed E-state index contributed by atoms with van der Waals surface area (Å²) in [4.78, 5) is 14.4. The Morgan fingerprint density at radius 2 is 2.00 bits per heavy atom. The first kappa shape index (κ1) is 11.5. The van der Waals surface area contributed by atoms with E-state index in [1.54, 1.807) is 12.1 Å². The molecule has 0 aliphatic carbocycles. The molecule has 1 atom stereocenters. The van der Waals surface area contributed by atoms with E-state index in [0.717, 1.165) is 23.2 Å². The molecule has 100 valence electrons. The molecule has 0 saturated carbocycles. The fourth-order valence-corrected chi connectivity index (χ4v) is 3.38. The molecule has 2 aliphatic rings. The first-order chi connectivity index (χ1) is 9.73. The zero-order valence-electron chi connectivity index (χ0n) is 10.8. The van der Waals surface area contributed by atoms with E-state index in [1.165, 1.54) is 0 Å². The first-order valence-corrected chi connectivity index (χ1v) is 6.69. The van der Waals surface area contributed by atoms with Gasteiger partial charge in [0.15, 0.2) is 0 Å². The Balaban J connectivity index is 2.01. The number of benzene rings is 2. The van der Waals surface area contributed by atoms with Crippen molar-refractivity contribution in [3.8, 4) is 5.75 Å². The second kappa shape index (κ2) is 3.84. The van der Waals surface area contributed by atoms with Crippen molar-refractivity contribution in [2.24, 2.45) is 0 Å². The van der Waals surface area contributed by atoms with Crippen LogP contribution in [0.3, 0.4) is 0 Å². The number of carbonyl (C=O) groups is 1. The molecule has 2 aliphatic heterocycles. The average Bonchev–Trinajstić information content (AvgIpc) is 3.00. The molecule has 0 radical (unpaired) electrons. The maximum Gasteiger partial charge on any atom is 0.256 e. The SMILES string of the molecule is O=C1c2ccccc2C2(c3cccc(O)c3)NCCN12. The van der Waals surface area contributed by atoms with Crippen LogP contribution in [0, 0.1) is 0 Å². The highest BCUT2D eigenvalue weighted by molar-refractivity contribution is 6.01. The number of nitrogens with one attached hydrogen (secondary N) is 1. The van der Waals surface area contributed by atoms with Crippen LogP contribution in [0.15, 0.2) is 48.5 Å². The van der Waals surface area contributed by atoms with Crippen molar-refractivity contribution in [1.82, 2.24) is 10.2 Å². The highest BCUT2D eigenvalue weighted by Gasteiger charge is 2.53. The Morgan fingerprint density at radius 1 is 1.15 bits per heavy atom. The van der Waals surface area contributed by atoms with Gasteiger partial charge >= 0.3 is 0 Å². The molecule has 4 nitrogen and oxygen atoms in total. The van der Waals surface area contributed by atoms with Crippen LogP contribution in [-0.4, -0.2) is 29.0 Å². The minimum atomic E-state index is -0.633. The van der Waals surface area contributed by atoms with Gasteiger partial charge in [-0.25, -0.2) is 0 Å². The lowest BCUT2D eigenvalue weighted by atomic mass is 9.91. The maximum atomic E-state index is 12.6. The predicted molar refractivity (Wildman–Crippen MR) is 74.4 cm³/mol. The van der Waals surface area contributed by atoms with Crippen molar-refractivity contribution in [2.75, 3.05) is 13.1 Å². The molecule has 1 amide bonds. The zero-order valence-corrected chi connectivity index (χ0v) is 10.8. The van der Waals surface area contributed by atoms with Crippen LogP contribution in [0.25, 0.3) is 0 Å². The lowest BCUT2D eigenvalue weighted by Gasteiger charge is -2.33. The van der Waals surface area contributed by atoms with Crippen LogP contribution < -0.4 is 5.32 Å². The van der Waals surface area contributed by atoms with Crippen molar-refractivity contribution >= 4 is 5.91 Å². The number of amides is 1. The highest BCUT2D eigenvalue weighted by Crippen LogP contribution is 2.44. The van der Waals surface area contributed by atoms with E-state index in [2.05, 4.69) is 5.32 Å². The Hall–Kier alpha value is -2.33. The van der Waals surface area contributed by atoms with Gasteiger partial charge < -0.3 is 10.0 Å². The van der Waals surface area contributed by atoms with Gasteiger partial charge in [-0.15, -0.1) is 0 Å². The number of fused-ring (bicyclic) bond motifs is 3. The molecule has 1 saturated heterocycles. The van der Waals surface area contributed by atoms with E-state index < -0.39 is 5.66 Å². The molecular weight excluding hydrogens is 252 g/mol. The third-order valence-corrected chi connectivity index (χ3v) is 4.18. The van der Waals surface area contributed by atoms with Crippen LogP contribution in [0.1, 0.15) is 21.5 Å². The van der Waals surface area contributed by atoms with Gasteiger partial charge in [0, 0.05) is 29.8 Å². The summed E-state index contributed by atoms with van der Waals surface area (Å²) in [6.45, 7) is 1.42. The molecule has 4 rings (SSSR count). The largest absolute Gasteiger partial charge is 0.508 e. The monoisotopic (exact) mass is 266 g/mol. The first-order valence-electron chi connectivity index (χ1n) is 6.69. The average molecular weight is 266 g/mol. The molecule has 0 spiro atoms. The smallest absolute Gasteiger partial charge is 0.256 e. The van der Waals surface area contributed by atoms with E-state index >= 15 is 0 Å². The summed E-state index contributed by atoms with van der Waals surface area (Å²) in [5.41, 5.74) is 1.97. The second-order valence-electron chi connectivity index (χ2n) is 5.19. The van der Waals surface area contributed by atoms with E-state index in [0.29, 0.717) is 6.54 Å². The van der Waals surface area contributed by atoms with Crippen molar-refractivity contribution in [2.45, 2.75) is 5.66 Å². The highest BCUT2D eigenvalue weighted by atomic mass is 16.3. The minimum absolute atomic E-state index is 0.0499. The topological polar surface area (TPSA) is 52.6 Å². The fraction of sp³-hybridized carbons (Fsp3) is 0.188. The molecule has 0 aromatic heterocycles. The Kier molecular flexibility index (Phi) is 2.20. The molecule has 2 aromatic carbocycles. The van der Waals surface area contributed by atoms with Gasteiger partial charge in [-0.05, 0) is 18.2 Å². The van der Waals surface area contributed by atoms with E-state index in [-0.39, 0.29) is 11.7 Å². The molecule has 2 N–H and O–H groups in total. The molecule has 2 aromatic rings. The van der Waals surface area contributed by atoms with E-state index in [4.69, 9.17) is 0 Å². The maximum absolute atomic E-state index is 12.6. The third kappa shape index (κ3) is 1.26. The number of phenolic OH excluding ortho intramolecular Hbond substituents is 1. The van der Waals surface area contributed by atoms with Crippen LogP contribution in [0.5, 0.6) is 5.75 Å². The normalized spacial score (nSPS) is 23.8. The fourth-order valence-electron chi connectivity index (χ4n) is 3.38. The number of aromatic hydroxyl groups is 1. The van der Waals surface area contributed by atoms with Crippen LogP contribution >= 0.6 is 0 Å². The molecule has 4 heteroatoms. The van der Waals surface area contributed by atoms with Crippen LogP contribution in [0.4, 0.5) is 0 Å². The van der Waals surface area contributed by atoms with Gasteiger partial charge in [-0.1, -0.05) is 30.3 Å². The summed E-state index contributed by atoms with van der Waals surface area (Å²) in [7, 11) is 0. The summed E-state index contributed by atoms with van der Waals surface area (Å²) in [5.74, 6) is 0.260. The van der Waals surface area contributed by atoms with Gasteiger partial charge in [-0.2, -0.15) is 0 Å². The summed E-state index contributed by atoms with van der Waals surface area (Å²) in [6.07, 6.45) is 0. The lowest BCUT2D eigenvalue weighted by molar-refractivity contribution is 0.0694. The van der Waals surface area contributed by atoms with Crippen LogP contribution in [-0.2, 0) is 5.66 Å². The van der Waals surface area contributed by atoms with Gasteiger partial charge in [-0.3, -0.25) is 10.1 Å². The Bertz CT molecular complexity index is 713. The van der Waals surface area contributed by atoms with Crippen LogP contribution in [0.2, 0.25) is 0 Å². The van der Waals surface area contributed by atoms with Crippen molar-refractivity contribution in [1.29, 1.82) is 0 Å². The Morgan fingerprint density at radius 3 is 2.85 bits per heavy atom. The summed E-state index contributed by atoms with van der Waals surface area (Å²) in [6, 6.07) is 14.8. The second-order valence-corrected chi connectivity index (χ2v) is 5.19. The molecular formula is C16H14N2O2.